The van der Waals surface area contributed by atoms with Gasteiger partial charge in [0, 0.05) is 32.0 Å². The molecule has 6 rings (SSSR count). The number of rotatable bonds is 4. The first-order valence-electron chi connectivity index (χ1n) is 15.6. The van der Waals surface area contributed by atoms with E-state index in [9.17, 15) is 0 Å². The highest BCUT2D eigenvalue weighted by Crippen LogP contribution is 2.51. The predicted octanol–water partition coefficient (Wildman–Crippen LogP) is 10.9. The fourth-order valence-electron chi connectivity index (χ4n) is 6.38. The quantitative estimate of drug-likeness (QED) is 0.226. The van der Waals surface area contributed by atoms with Gasteiger partial charge in [-0.3, -0.25) is 0 Å². The van der Waals surface area contributed by atoms with Crippen LogP contribution in [0.3, 0.4) is 0 Å². The van der Waals surface area contributed by atoms with Crippen LogP contribution >= 0.6 is 0 Å². The maximum absolute atomic E-state index is 8.65. The van der Waals surface area contributed by atoms with Gasteiger partial charge in [0.2, 0.25) is 0 Å². The smallest absolute Gasteiger partial charge is 0.0495 e. The predicted molar refractivity (Wildman–Crippen MR) is 173 cm³/mol. The normalized spacial score (nSPS) is 15.0. The summed E-state index contributed by atoms with van der Waals surface area (Å²) < 4.78 is 26.0. The Hall–Kier alpha value is -4.10. The van der Waals surface area contributed by atoms with E-state index in [1.807, 2.05) is 24.3 Å². The summed E-state index contributed by atoms with van der Waals surface area (Å²) in [5.41, 5.74) is 11.6. The molecule has 5 aromatic carbocycles. The molecule has 0 saturated heterocycles. The van der Waals surface area contributed by atoms with Crippen molar-refractivity contribution in [2.24, 2.45) is 0 Å². The zero-order chi connectivity index (χ0) is 30.7. The van der Waals surface area contributed by atoms with Crippen LogP contribution in [0, 0.1) is 13.8 Å². The first kappa shape index (κ1) is 22.7. The molecule has 1 aliphatic carbocycles. The molecule has 0 radical (unpaired) electrons. The van der Waals surface area contributed by atoms with E-state index in [0.29, 0.717) is 5.56 Å². The molecule has 5 aromatic rings. The average Bonchev–Trinajstić information content (AvgIpc) is 3.19. The van der Waals surface area contributed by atoms with E-state index in [1.165, 1.54) is 5.56 Å². The van der Waals surface area contributed by atoms with E-state index in [-0.39, 0.29) is 11.0 Å². The lowest BCUT2D eigenvalue weighted by Crippen LogP contribution is -2.38. The molecule has 0 heterocycles. The van der Waals surface area contributed by atoms with Crippen LogP contribution in [-0.4, -0.2) is 5.54 Å². The van der Waals surface area contributed by atoms with Crippen molar-refractivity contribution < 1.29 is 4.11 Å². The molecule has 0 atom stereocenters. The zero-order valence-electron chi connectivity index (χ0n) is 27.3. The molecule has 1 heteroatoms. The van der Waals surface area contributed by atoms with E-state index in [0.717, 1.165) is 55.9 Å². The summed E-state index contributed by atoms with van der Waals surface area (Å²) in [5.74, 6) is 0. The number of para-hydroxylation sites is 1. The first-order valence-corrected chi connectivity index (χ1v) is 14.1. The molecule has 1 aliphatic rings. The highest BCUT2D eigenvalue weighted by molar-refractivity contribution is 5.90. The summed E-state index contributed by atoms with van der Waals surface area (Å²) in [6.07, 6.45) is 0. The van der Waals surface area contributed by atoms with E-state index in [1.54, 1.807) is 0 Å². The Morgan fingerprint density at radius 3 is 1.98 bits per heavy atom. The third-order valence-electron chi connectivity index (χ3n) is 8.38. The molecule has 40 heavy (non-hydrogen) atoms. The number of fused-ring (bicyclic) bond motifs is 3. The van der Waals surface area contributed by atoms with Gasteiger partial charge in [0.05, 0.1) is 0 Å². The van der Waals surface area contributed by atoms with E-state index in [2.05, 4.69) is 131 Å². The third-order valence-corrected chi connectivity index (χ3v) is 8.38. The van der Waals surface area contributed by atoms with Crippen LogP contribution in [0.1, 0.15) is 61.0 Å². The van der Waals surface area contributed by atoms with Crippen LogP contribution in [-0.2, 0) is 5.41 Å². The van der Waals surface area contributed by atoms with Crippen molar-refractivity contribution in [2.75, 3.05) is 4.90 Å². The van der Waals surface area contributed by atoms with Gasteiger partial charge in [-0.25, -0.2) is 0 Å². The minimum atomic E-state index is -2.28. The van der Waals surface area contributed by atoms with Crippen molar-refractivity contribution in [1.82, 2.24) is 0 Å². The van der Waals surface area contributed by atoms with Gasteiger partial charge in [0.1, 0.15) is 0 Å². The largest absolute Gasteiger partial charge is 0.335 e. The monoisotopic (exact) mass is 524 g/mol. The lowest BCUT2D eigenvalue weighted by atomic mass is 9.81. The lowest BCUT2D eigenvalue weighted by molar-refractivity contribution is 0.560. The number of aryl methyl sites for hydroxylation is 2. The molecule has 0 amide bonds. The Morgan fingerprint density at radius 2 is 1.25 bits per heavy atom. The van der Waals surface area contributed by atoms with Crippen molar-refractivity contribution in [2.45, 2.75) is 59.3 Å². The zero-order valence-corrected chi connectivity index (χ0v) is 24.3. The molecule has 0 aliphatic heterocycles. The van der Waals surface area contributed by atoms with E-state index < -0.39 is 6.85 Å². The van der Waals surface area contributed by atoms with Gasteiger partial charge in [0.25, 0.3) is 0 Å². The third kappa shape index (κ3) is 4.25. The van der Waals surface area contributed by atoms with Gasteiger partial charge in [-0.05, 0) is 103 Å². The summed E-state index contributed by atoms with van der Waals surface area (Å²) in [4.78, 5) is 2.38. The fraction of sp³-hybridized carbons (Fsp3) is 0.231. The molecule has 0 fully saturated rings. The number of nitrogens with zero attached hydrogens (tertiary/aromatic N) is 1. The lowest BCUT2D eigenvalue weighted by Gasteiger charge is -2.40. The first-order chi connectivity index (χ1) is 20.3. The molecule has 0 unspecified atom stereocenters. The number of benzene rings is 5. The SMILES string of the molecule is [2H]C([2H])([2H])c1cc2c(cc1-c1ccccc1N(c1cc(-c3ccccc3)ccc1C)C(C)(C)C)C(C)(C)c1ccccc1-2. The molecule has 0 spiro atoms. The fourth-order valence-corrected chi connectivity index (χ4v) is 6.38. The van der Waals surface area contributed by atoms with Crippen LogP contribution in [0.25, 0.3) is 33.4 Å². The summed E-state index contributed by atoms with van der Waals surface area (Å²) >= 11 is 0. The Morgan fingerprint density at radius 1 is 0.575 bits per heavy atom. The summed E-state index contributed by atoms with van der Waals surface area (Å²) in [6, 6.07) is 37.8. The van der Waals surface area contributed by atoms with Crippen LogP contribution in [0.5, 0.6) is 0 Å². The second kappa shape index (κ2) is 9.52. The highest BCUT2D eigenvalue weighted by atomic mass is 15.2. The van der Waals surface area contributed by atoms with Crippen molar-refractivity contribution in [3.8, 4) is 33.4 Å². The minimum absolute atomic E-state index is 0.243. The number of anilines is 2. The van der Waals surface area contributed by atoms with Gasteiger partial charge < -0.3 is 4.90 Å². The van der Waals surface area contributed by atoms with E-state index in [4.69, 9.17) is 4.11 Å². The van der Waals surface area contributed by atoms with Crippen LogP contribution in [0.15, 0.2) is 109 Å². The van der Waals surface area contributed by atoms with E-state index >= 15 is 0 Å². The van der Waals surface area contributed by atoms with Crippen LogP contribution in [0.2, 0.25) is 0 Å². The molecule has 1 nitrogen and oxygen atoms in total. The number of hydrogen-bond donors (Lipinski definition) is 0. The van der Waals surface area contributed by atoms with Crippen LogP contribution < -0.4 is 4.90 Å². The maximum Gasteiger partial charge on any atom is 0.0495 e. The maximum atomic E-state index is 8.65. The highest BCUT2D eigenvalue weighted by Gasteiger charge is 2.36. The van der Waals surface area contributed by atoms with Gasteiger partial charge in [-0.2, -0.15) is 0 Å². The molecule has 0 aromatic heterocycles. The van der Waals surface area contributed by atoms with Gasteiger partial charge in [0.15, 0.2) is 0 Å². The van der Waals surface area contributed by atoms with Gasteiger partial charge in [-0.15, -0.1) is 0 Å². The molecular weight excluding hydrogens is 482 g/mol. The second-order valence-corrected chi connectivity index (χ2v) is 12.5. The Balaban J connectivity index is 1.61. The van der Waals surface area contributed by atoms with Gasteiger partial charge >= 0.3 is 0 Å². The van der Waals surface area contributed by atoms with Crippen molar-refractivity contribution in [3.63, 3.8) is 0 Å². The minimum Gasteiger partial charge on any atom is -0.335 e. The summed E-state index contributed by atoms with van der Waals surface area (Å²) in [6.45, 7) is 11.0. The van der Waals surface area contributed by atoms with Crippen molar-refractivity contribution in [3.05, 3.63) is 131 Å². The molecule has 0 N–H and O–H groups in total. The second-order valence-electron chi connectivity index (χ2n) is 12.5. The number of hydrogen-bond acceptors (Lipinski definition) is 1. The molecule has 0 saturated carbocycles. The molecular formula is C39H39N. The Kier molecular flexibility index (Phi) is 5.40. The topological polar surface area (TPSA) is 3.24 Å². The van der Waals surface area contributed by atoms with Crippen molar-refractivity contribution in [1.29, 1.82) is 0 Å². The van der Waals surface area contributed by atoms with Gasteiger partial charge in [-0.1, -0.05) is 105 Å². The average molecular weight is 525 g/mol. The Bertz CT molecular complexity index is 1820. The summed E-state index contributed by atoms with van der Waals surface area (Å²) in [5, 5.41) is 0. The van der Waals surface area contributed by atoms with Crippen LogP contribution in [0.4, 0.5) is 11.4 Å². The Labute approximate surface area is 244 Å². The van der Waals surface area contributed by atoms with Crippen molar-refractivity contribution >= 4 is 11.4 Å². The molecule has 200 valence electrons. The molecule has 0 bridgehead atoms. The standard InChI is InChI=1S/C39H39N/c1-26-21-22-29(28-15-9-8-10-16-28)24-37(26)40(38(3,4)5)36-20-14-12-18-31(36)32-25-35-33(23-27(32)2)30-17-11-13-19-34(30)39(35,6)7/h8-25H,1-7H3/i2D3. The summed E-state index contributed by atoms with van der Waals surface area (Å²) in [7, 11) is 0.